The van der Waals surface area contributed by atoms with E-state index < -0.39 is 12.0 Å². The summed E-state index contributed by atoms with van der Waals surface area (Å²) in [5.41, 5.74) is 1.50. The number of carboxylic acid groups (broad SMARTS) is 1. The molecular formula is C14H12ClN3O3. The van der Waals surface area contributed by atoms with Crippen LogP contribution < -0.4 is 10.6 Å². The van der Waals surface area contributed by atoms with Crippen LogP contribution in [0.5, 0.6) is 0 Å². The maximum Gasteiger partial charge on any atom is 0.337 e. The van der Waals surface area contributed by atoms with Crippen molar-refractivity contribution in [3.8, 4) is 0 Å². The number of carboxylic acids is 1. The van der Waals surface area contributed by atoms with E-state index >= 15 is 0 Å². The molecule has 6 nitrogen and oxygen atoms in total. The van der Waals surface area contributed by atoms with Crippen molar-refractivity contribution in [3.63, 3.8) is 0 Å². The van der Waals surface area contributed by atoms with Gasteiger partial charge in [-0.05, 0) is 37.3 Å². The Labute approximate surface area is 125 Å². The number of rotatable bonds is 3. The summed E-state index contributed by atoms with van der Waals surface area (Å²) in [6, 6.07) is 7.14. The molecule has 21 heavy (non-hydrogen) atoms. The van der Waals surface area contributed by atoms with Gasteiger partial charge in [0.25, 0.3) is 0 Å². The molecular weight excluding hydrogens is 294 g/mol. The highest BCUT2D eigenvalue weighted by Crippen LogP contribution is 2.21. The third-order valence-electron chi connectivity index (χ3n) is 2.71. The third-order valence-corrected chi connectivity index (χ3v) is 3.04. The van der Waals surface area contributed by atoms with Crippen molar-refractivity contribution in [1.29, 1.82) is 0 Å². The number of carbonyl (C=O) groups excluding carboxylic acids is 1. The van der Waals surface area contributed by atoms with Crippen molar-refractivity contribution in [2.75, 3.05) is 10.6 Å². The van der Waals surface area contributed by atoms with Crippen LogP contribution in [0.2, 0.25) is 5.02 Å². The van der Waals surface area contributed by atoms with E-state index in [4.69, 9.17) is 16.7 Å². The SMILES string of the molecule is Cc1ncccc1NC(=O)Nc1ccc(Cl)c(C(=O)O)c1. The number of halogens is 1. The Balaban J connectivity index is 2.12. The van der Waals surface area contributed by atoms with Gasteiger partial charge in [-0.3, -0.25) is 4.98 Å². The average molecular weight is 306 g/mol. The van der Waals surface area contributed by atoms with Crippen LogP contribution in [-0.4, -0.2) is 22.1 Å². The summed E-state index contributed by atoms with van der Waals surface area (Å²) < 4.78 is 0. The first-order valence-corrected chi connectivity index (χ1v) is 6.37. The average Bonchev–Trinajstić information content (AvgIpc) is 2.43. The molecule has 1 heterocycles. The smallest absolute Gasteiger partial charge is 0.337 e. The monoisotopic (exact) mass is 305 g/mol. The molecule has 2 rings (SSSR count). The number of aromatic nitrogens is 1. The molecule has 0 fully saturated rings. The highest BCUT2D eigenvalue weighted by atomic mass is 35.5. The van der Waals surface area contributed by atoms with Crippen molar-refractivity contribution >= 4 is 35.0 Å². The van der Waals surface area contributed by atoms with Crippen LogP contribution in [0.3, 0.4) is 0 Å². The fourth-order valence-corrected chi connectivity index (χ4v) is 1.87. The van der Waals surface area contributed by atoms with Crippen LogP contribution in [0.25, 0.3) is 0 Å². The fourth-order valence-electron chi connectivity index (χ4n) is 1.67. The summed E-state index contributed by atoms with van der Waals surface area (Å²) in [7, 11) is 0. The number of pyridine rings is 1. The lowest BCUT2D eigenvalue weighted by Gasteiger charge is -2.10. The lowest BCUT2D eigenvalue weighted by molar-refractivity contribution is 0.0697. The maximum atomic E-state index is 11.9. The minimum Gasteiger partial charge on any atom is -0.478 e. The summed E-state index contributed by atoms with van der Waals surface area (Å²) in [5, 5.41) is 14.3. The number of hydrogen-bond acceptors (Lipinski definition) is 3. The van der Waals surface area contributed by atoms with Crippen molar-refractivity contribution in [1.82, 2.24) is 4.98 Å². The quantitative estimate of drug-likeness (QED) is 0.810. The first-order chi connectivity index (χ1) is 9.97. The van der Waals surface area contributed by atoms with Gasteiger partial charge in [-0.2, -0.15) is 0 Å². The number of benzene rings is 1. The molecule has 0 unspecified atom stereocenters. The molecule has 0 aliphatic heterocycles. The van der Waals surface area contributed by atoms with Gasteiger partial charge >= 0.3 is 12.0 Å². The van der Waals surface area contributed by atoms with Crippen LogP contribution in [-0.2, 0) is 0 Å². The molecule has 2 amide bonds. The summed E-state index contributed by atoms with van der Waals surface area (Å²) in [6.45, 7) is 1.76. The second-order valence-electron chi connectivity index (χ2n) is 4.22. The topological polar surface area (TPSA) is 91.3 Å². The predicted octanol–water partition coefficient (Wildman–Crippen LogP) is 3.39. The zero-order valence-electron chi connectivity index (χ0n) is 11.1. The minimum atomic E-state index is -1.16. The Kier molecular flexibility index (Phi) is 4.39. The Hall–Kier alpha value is -2.60. The molecule has 7 heteroatoms. The number of nitrogens with zero attached hydrogens (tertiary/aromatic N) is 1. The van der Waals surface area contributed by atoms with E-state index in [0.717, 1.165) is 0 Å². The largest absolute Gasteiger partial charge is 0.478 e. The van der Waals surface area contributed by atoms with Gasteiger partial charge in [0, 0.05) is 11.9 Å². The molecule has 0 radical (unpaired) electrons. The number of carbonyl (C=O) groups is 2. The van der Waals surface area contributed by atoms with Crippen LogP contribution in [0.4, 0.5) is 16.2 Å². The van der Waals surface area contributed by atoms with Gasteiger partial charge in [0.05, 0.1) is 22.0 Å². The molecule has 108 valence electrons. The highest BCUT2D eigenvalue weighted by molar-refractivity contribution is 6.33. The van der Waals surface area contributed by atoms with E-state index in [1.165, 1.54) is 18.2 Å². The van der Waals surface area contributed by atoms with Crippen LogP contribution in [0.1, 0.15) is 16.1 Å². The van der Waals surface area contributed by atoms with Crippen molar-refractivity contribution in [3.05, 3.63) is 52.8 Å². The molecule has 3 N–H and O–H groups in total. The lowest BCUT2D eigenvalue weighted by Crippen LogP contribution is -2.20. The Bertz CT molecular complexity index is 704. The van der Waals surface area contributed by atoms with E-state index in [2.05, 4.69) is 15.6 Å². The summed E-state index contributed by atoms with van der Waals surface area (Å²) in [4.78, 5) is 26.9. The van der Waals surface area contributed by atoms with Crippen molar-refractivity contribution in [2.24, 2.45) is 0 Å². The van der Waals surface area contributed by atoms with Crippen LogP contribution >= 0.6 is 11.6 Å². The molecule has 0 aliphatic rings. The Morgan fingerprint density at radius 1 is 1.24 bits per heavy atom. The zero-order valence-corrected chi connectivity index (χ0v) is 11.8. The number of hydrogen-bond donors (Lipinski definition) is 3. The van der Waals surface area contributed by atoms with Crippen LogP contribution in [0, 0.1) is 6.92 Å². The Morgan fingerprint density at radius 3 is 2.67 bits per heavy atom. The highest BCUT2D eigenvalue weighted by Gasteiger charge is 2.11. The molecule has 0 atom stereocenters. The third kappa shape index (κ3) is 3.70. The predicted molar refractivity (Wildman–Crippen MR) is 80.0 cm³/mol. The molecule has 0 spiro atoms. The van der Waals surface area contributed by atoms with Gasteiger partial charge in [0.1, 0.15) is 0 Å². The summed E-state index contributed by atoms with van der Waals surface area (Å²) in [5.74, 6) is -1.16. The maximum absolute atomic E-state index is 11.9. The number of urea groups is 1. The molecule has 0 saturated carbocycles. The molecule has 1 aromatic heterocycles. The van der Waals surface area contributed by atoms with E-state index in [1.54, 1.807) is 25.3 Å². The van der Waals surface area contributed by atoms with Gasteiger partial charge in [-0.15, -0.1) is 0 Å². The lowest BCUT2D eigenvalue weighted by atomic mass is 10.2. The molecule has 0 bridgehead atoms. The van der Waals surface area contributed by atoms with Crippen LogP contribution in [0.15, 0.2) is 36.5 Å². The summed E-state index contributed by atoms with van der Waals surface area (Å²) in [6.07, 6.45) is 1.62. The van der Waals surface area contributed by atoms with Gasteiger partial charge < -0.3 is 15.7 Å². The van der Waals surface area contributed by atoms with Gasteiger partial charge in [-0.1, -0.05) is 11.6 Å². The molecule has 0 aliphatic carbocycles. The van der Waals surface area contributed by atoms with E-state index in [1.807, 2.05) is 0 Å². The first-order valence-electron chi connectivity index (χ1n) is 6.00. The van der Waals surface area contributed by atoms with Crippen molar-refractivity contribution < 1.29 is 14.7 Å². The molecule has 2 aromatic rings. The Morgan fingerprint density at radius 2 is 2.00 bits per heavy atom. The summed E-state index contributed by atoms with van der Waals surface area (Å²) >= 11 is 5.76. The fraction of sp³-hybridized carbons (Fsp3) is 0.0714. The van der Waals surface area contributed by atoms with Crippen molar-refractivity contribution in [2.45, 2.75) is 6.92 Å². The minimum absolute atomic E-state index is 0.0768. The standard InChI is InChI=1S/C14H12ClN3O3/c1-8-12(3-2-6-16-8)18-14(21)17-9-4-5-11(15)10(7-9)13(19)20/h2-7H,1H3,(H,19,20)(H2,17,18,21). The zero-order chi connectivity index (χ0) is 15.4. The van der Waals surface area contributed by atoms with E-state index in [0.29, 0.717) is 17.1 Å². The number of anilines is 2. The number of amides is 2. The second-order valence-corrected chi connectivity index (χ2v) is 4.62. The van der Waals surface area contributed by atoms with Gasteiger partial charge in [0.15, 0.2) is 0 Å². The number of nitrogens with one attached hydrogen (secondary N) is 2. The molecule has 0 saturated heterocycles. The van der Waals surface area contributed by atoms with Gasteiger partial charge in [-0.25, -0.2) is 9.59 Å². The van der Waals surface area contributed by atoms with Gasteiger partial charge in [0.2, 0.25) is 0 Å². The van der Waals surface area contributed by atoms with E-state index in [-0.39, 0.29) is 10.6 Å². The normalized spacial score (nSPS) is 10.0. The number of aryl methyl sites for hydroxylation is 1. The number of aromatic carboxylic acids is 1. The first kappa shape index (κ1) is 14.8. The molecule has 1 aromatic carbocycles. The van der Waals surface area contributed by atoms with E-state index in [9.17, 15) is 9.59 Å². The second kappa shape index (κ2) is 6.23.